The first kappa shape index (κ1) is 13.9. The molecule has 19 heavy (non-hydrogen) atoms. The van der Waals surface area contributed by atoms with Crippen molar-refractivity contribution in [3.05, 3.63) is 29.3 Å². The average molecular weight is 262 g/mol. The third-order valence-corrected chi connectivity index (χ3v) is 3.90. The maximum absolute atomic E-state index is 12.2. The van der Waals surface area contributed by atoms with Crippen LogP contribution >= 0.6 is 0 Å². The molecular formula is C15H22N2O2. The number of rotatable bonds is 3. The van der Waals surface area contributed by atoms with E-state index in [1.165, 1.54) is 0 Å². The van der Waals surface area contributed by atoms with Crippen LogP contribution < -0.4 is 10.6 Å². The van der Waals surface area contributed by atoms with Gasteiger partial charge in [-0.3, -0.25) is 4.79 Å². The summed E-state index contributed by atoms with van der Waals surface area (Å²) in [6.07, 6.45) is 2.21. The lowest BCUT2D eigenvalue weighted by molar-refractivity contribution is 0.0920. The molecule has 1 aromatic carbocycles. The van der Waals surface area contributed by atoms with Crippen LogP contribution in [0.25, 0.3) is 0 Å². The SMILES string of the molecule is Cc1cc(O)ccc1C(=O)NC(C)C1CCNCC1. The zero-order valence-corrected chi connectivity index (χ0v) is 11.6. The number of hydrogen-bond donors (Lipinski definition) is 3. The van der Waals surface area contributed by atoms with Gasteiger partial charge in [0.2, 0.25) is 0 Å². The van der Waals surface area contributed by atoms with Crippen molar-refractivity contribution in [2.75, 3.05) is 13.1 Å². The van der Waals surface area contributed by atoms with Crippen LogP contribution in [0.15, 0.2) is 18.2 Å². The number of benzene rings is 1. The molecule has 2 rings (SSSR count). The highest BCUT2D eigenvalue weighted by Crippen LogP contribution is 2.18. The van der Waals surface area contributed by atoms with Gasteiger partial charge in [-0.05, 0) is 69.5 Å². The van der Waals surface area contributed by atoms with Crippen molar-refractivity contribution in [1.29, 1.82) is 0 Å². The molecular weight excluding hydrogens is 240 g/mol. The summed E-state index contributed by atoms with van der Waals surface area (Å²) in [4.78, 5) is 12.2. The van der Waals surface area contributed by atoms with Gasteiger partial charge in [0.25, 0.3) is 5.91 Å². The molecule has 1 fully saturated rings. The molecule has 1 amide bonds. The van der Waals surface area contributed by atoms with E-state index in [1.54, 1.807) is 18.2 Å². The Morgan fingerprint density at radius 2 is 2.11 bits per heavy atom. The predicted molar refractivity (Wildman–Crippen MR) is 75.4 cm³/mol. The van der Waals surface area contributed by atoms with Crippen LogP contribution in [0, 0.1) is 12.8 Å². The minimum atomic E-state index is -0.0523. The minimum absolute atomic E-state index is 0.0523. The molecule has 1 aliphatic heterocycles. The summed E-state index contributed by atoms with van der Waals surface area (Å²) in [5.41, 5.74) is 1.44. The Balaban J connectivity index is 1.99. The molecule has 1 unspecified atom stereocenters. The zero-order chi connectivity index (χ0) is 13.8. The standard InChI is InChI=1S/C15H22N2O2/c1-10-9-13(18)3-4-14(10)15(19)17-11(2)12-5-7-16-8-6-12/h3-4,9,11-12,16,18H,5-8H2,1-2H3,(H,17,19). The number of aryl methyl sites for hydroxylation is 1. The van der Waals surface area contributed by atoms with Gasteiger partial charge in [0.1, 0.15) is 5.75 Å². The van der Waals surface area contributed by atoms with Crippen molar-refractivity contribution in [1.82, 2.24) is 10.6 Å². The van der Waals surface area contributed by atoms with E-state index in [0.717, 1.165) is 31.5 Å². The Hall–Kier alpha value is -1.55. The fourth-order valence-electron chi connectivity index (χ4n) is 2.65. The lowest BCUT2D eigenvalue weighted by atomic mass is 9.91. The molecule has 4 heteroatoms. The first-order valence-electron chi connectivity index (χ1n) is 6.89. The van der Waals surface area contributed by atoms with Crippen molar-refractivity contribution >= 4 is 5.91 Å². The Kier molecular flexibility index (Phi) is 4.43. The van der Waals surface area contributed by atoms with Crippen LogP contribution in [0.5, 0.6) is 5.75 Å². The Bertz CT molecular complexity index is 453. The molecule has 1 aromatic rings. The normalized spacial score (nSPS) is 18.0. The first-order valence-corrected chi connectivity index (χ1v) is 6.89. The van der Waals surface area contributed by atoms with E-state index < -0.39 is 0 Å². The number of aromatic hydroxyl groups is 1. The third kappa shape index (κ3) is 3.47. The van der Waals surface area contributed by atoms with Gasteiger partial charge in [0.05, 0.1) is 0 Å². The zero-order valence-electron chi connectivity index (χ0n) is 11.6. The maximum atomic E-state index is 12.2. The highest BCUT2D eigenvalue weighted by molar-refractivity contribution is 5.95. The van der Waals surface area contributed by atoms with Gasteiger partial charge in [-0.2, -0.15) is 0 Å². The summed E-state index contributed by atoms with van der Waals surface area (Å²) in [7, 11) is 0. The van der Waals surface area contributed by atoms with Gasteiger partial charge < -0.3 is 15.7 Å². The van der Waals surface area contributed by atoms with Crippen LogP contribution in [-0.4, -0.2) is 30.1 Å². The second-order valence-electron chi connectivity index (χ2n) is 5.35. The summed E-state index contributed by atoms with van der Waals surface area (Å²) < 4.78 is 0. The highest BCUT2D eigenvalue weighted by atomic mass is 16.3. The summed E-state index contributed by atoms with van der Waals surface area (Å²) >= 11 is 0. The third-order valence-electron chi connectivity index (χ3n) is 3.90. The van der Waals surface area contributed by atoms with E-state index in [-0.39, 0.29) is 17.7 Å². The van der Waals surface area contributed by atoms with Crippen LogP contribution in [0.3, 0.4) is 0 Å². The fourth-order valence-corrected chi connectivity index (χ4v) is 2.65. The number of nitrogens with one attached hydrogen (secondary N) is 2. The van der Waals surface area contributed by atoms with E-state index in [2.05, 4.69) is 17.6 Å². The number of hydrogen-bond acceptors (Lipinski definition) is 3. The van der Waals surface area contributed by atoms with E-state index >= 15 is 0 Å². The van der Waals surface area contributed by atoms with Crippen molar-refractivity contribution in [3.8, 4) is 5.75 Å². The molecule has 104 valence electrons. The summed E-state index contributed by atoms with van der Waals surface area (Å²) in [5, 5.41) is 15.8. The molecule has 1 heterocycles. The summed E-state index contributed by atoms with van der Waals surface area (Å²) in [6, 6.07) is 5.03. The van der Waals surface area contributed by atoms with Crippen LogP contribution in [0.1, 0.15) is 35.7 Å². The van der Waals surface area contributed by atoms with Crippen LogP contribution in [-0.2, 0) is 0 Å². The summed E-state index contributed by atoms with van der Waals surface area (Å²) in [5.74, 6) is 0.687. The molecule has 4 nitrogen and oxygen atoms in total. The van der Waals surface area contributed by atoms with Crippen molar-refractivity contribution in [3.63, 3.8) is 0 Å². The largest absolute Gasteiger partial charge is 0.508 e. The second-order valence-corrected chi connectivity index (χ2v) is 5.35. The smallest absolute Gasteiger partial charge is 0.251 e. The molecule has 0 aromatic heterocycles. The molecule has 0 spiro atoms. The summed E-state index contributed by atoms with van der Waals surface area (Å²) in [6.45, 7) is 5.97. The van der Waals surface area contributed by atoms with Gasteiger partial charge in [0, 0.05) is 11.6 Å². The highest BCUT2D eigenvalue weighted by Gasteiger charge is 2.22. The fraction of sp³-hybridized carbons (Fsp3) is 0.533. The number of amides is 1. The van der Waals surface area contributed by atoms with Crippen LogP contribution in [0.2, 0.25) is 0 Å². The number of piperidine rings is 1. The Morgan fingerprint density at radius 3 is 2.74 bits per heavy atom. The second kappa shape index (κ2) is 6.06. The van der Waals surface area contributed by atoms with Crippen molar-refractivity contribution < 1.29 is 9.90 Å². The molecule has 0 saturated carbocycles. The molecule has 0 radical (unpaired) electrons. The van der Waals surface area contributed by atoms with E-state index in [9.17, 15) is 9.90 Å². The predicted octanol–water partition coefficient (Wildman–Crippen LogP) is 1.82. The minimum Gasteiger partial charge on any atom is -0.508 e. The van der Waals surface area contributed by atoms with Crippen molar-refractivity contribution in [2.45, 2.75) is 32.7 Å². The van der Waals surface area contributed by atoms with Crippen LogP contribution in [0.4, 0.5) is 0 Å². The van der Waals surface area contributed by atoms with E-state index in [1.807, 2.05) is 6.92 Å². The van der Waals surface area contributed by atoms with Crippen molar-refractivity contribution in [2.24, 2.45) is 5.92 Å². The molecule has 1 aliphatic rings. The van der Waals surface area contributed by atoms with Gasteiger partial charge >= 0.3 is 0 Å². The number of carbonyl (C=O) groups excluding carboxylic acids is 1. The van der Waals surface area contributed by atoms with E-state index in [4.69, 9.17) is 0 Å². The maximum Gasteiger partial charge on any atom is 0.251 e. The Labute approximate surface area is 114 Å². The number of phenols is 1. The molecule has 0 aliphatic carbocycles. The topological polar surface area (TPSA) is 61.4 Å². The molecule has 1 saturated heterocycles. The monoisotopic (exact) mass is 262 g/mol. The van der Waals surface area contributed by atoms with Gasteiger partial charge in [-0.25, -0.2) is 0 Å². The molecule has 0 bridgehead atoms. The molecule has 3 N–H and O–H groups in total. The average Bonchev–Trinajstić information content (AvgIpc) is 2.39. The Morgan fingerprint density at radius 1 is 1.42 bits per heavy atom. The first-order chi connectivity index (χ1) is 9.08. The number of carbonyl (C=O) groups is 1. The lowest BCUT2D eigenvalue weighted by Crippen LogP contribution is -2.42. The molecule has 1 atom stereocenters. The quantitative estimate of drug-likeness (QED) is 0.778. The van der Waals surface area contributed by atoms with Gasteiger partial charge in [-0.1, -0.05) is 0 Å². The van der Waals surface area contributed by atoms with Gasteiger partial charge in [-0.15, -0.1) is 0 Å². The lowest BCUT2D eigenvalue weighted by Gasteiger charge is -2.29. The number of phenolic OH excluding ortho intramolecular Hbond substituents is 1. The van der Waals surface area contributed by atoms with Gasteiger partial charge in [0.15, 0.2) is 0 Å². The van der Waals surface area contributed by atoms with E-state index in [0.29, 0.717) is 11.5 Å².